The van der Waals surface area contributed by atoms with Crippen LogP contribution in [0.3, 0.4) is 0 Å². The van der Waals surface area contributed by atoms with Crippen LogP contribution in [0.15, 0.2) is 34.8 Å². The van der Waals surface area contributed by atoms with E-state index in [1.165, 1.54) is 4.88 Å². The number of benzene rings is 1. The van der Waals surface area contributed by atoms with Crippen LogP contribution in [0.4, 0.5) is 0 Å². The van der Waals surface area contributed by atoms with Crippen molar-refractivity contribution in [1.82, 2.24) is 9.55 Å². The number of thiophene rings is 1. The van der Waals surface area contributed by atoms with Gasteiger partial charge in [-0.1, -0.05) is 27.5 Å². The summed E-state index contributed by atoms with van der Waals surface area (Å²) in [6, 6.07) is 9.99. The third kappa shape index (κ3) is 2.68. The van der Waals surface area contributed by atoms with Crippen molar-refractivity contribution in [3.05, 3.63) is 49.8 Å². The fourth-order valence-corrected chi connectivity index (χ4v) is 3.65. The number of alkyl halides is 1. The van der Waals surface area contributed by atoms with Crippen molar-refractivity contribution in [3.63, 3.8) is 0 Å². The van der Waals surface area contributed by atoms with Crippen LogP contribution >= 0.6 is 50.5 Å². The molecule has 3 rings (SSSR count). The minimum absolute atomic E-state index is 0.394. The van der Waals surface area contributed by atoms with Gasteiger partial charge in [0.15, 0.2) is 0 Å². The van der Waals surface area contributed by atoms with Crippen LogP contribution in [0.25, 0.3) is 11.0 Å². The zero-order valence-electron chi connectivity index (χ0n) is 9.74. The van der Waals surface area contributed by atoms with Gasteiger partial charge in [0.25, 0.3) is 0 Å². The molecule has 0 saturated carbocycles. The molecule has 0 unspecified atom stereocenters. The number of fused-ring (bicyclic) bond motifs is 1. The van der Waals surface area contributed by atoms with Crippen LogP contribution in [-0.4, -0.2) is 9.55 Å². The predicted octanol–water partition coefficient (Wildman–Crippen LogP) is 5.30. The minimum Gasteiger partial charge on any atom is -0.322 e. The molecule has 0 saturated heterocycles. The van der Waals surface area contributed by atoms with Crippen molar-refractivity contribution < 1.29 is 0 Å². The molecule has 19 heavy (non-hydrogen) atoms. The maximum atomic E-state index is 6.00. The van der Waals surface area contributed by atoms with Gasteiger partial charge in [-0.3, -0.25) is 0 Å². The summed E-state index contributed by atoms with van der Waals surface area (Å²) in [7, 11) is 0. The zero-order chi connectivity index (χ0) is 13.4. The van der Waals surface area contributed by atoms with Gasteiger partial charge in [-0.25, -0.2) is 4.98 Å². The lowest BCUT2D eigenvalue weighted by atomic mass is 10.3. The first-order chi connectivity index (χ1) is 9.17. The van der Waals surface area contributed by atoms with Gasteiger partial charge >= 0.3 is 0 Å². The molecule has 0 bridgehead atoms. The van der Waals surface area contributed by atoms with E-state index in [2.05, 4.69) is 31.5 Å². The first-order valence-electron chi connectivity index (χ1n) is 5.62. The molecular weight excluding hydrogens is 367 g/mol. The van der Waals surface area contributed by atoms with Gasteiger partial charge in [0.05, 0.1) is 27.8 Å². The smallest absolute Gasteiger partial charge is 0.125 e. The lowest BCUT2D eigenvalue weighted by molar-refractivity contribution is 0.789. The molecule has 0 N–H and O–H groups in total. The first kappa shape index (κ1) is 13.4. The number of aromatic nitrogens is 2. The number of halogens is 3. The second kappa shape index (κ2) is 5.44. The molecule has 0 aliphatic carbocycles. The first-order valence-corrected chi connectivity index (χ1v) is 8.14. The Bertz CT molecular complexity index is 735. The van der Waals surface area contributed by atoms with Gasteiger partial charge in [0.1, 0.15) is 5.82 Å². The molecule has 0 spiro atoms. The Kier molecular flexibility index (Phi) is 3.85. The van der Waals surface area contributed by atoms with Crippen molar-refractivity contribution in [3.8, 4) is 0 Å². The molecule has 2 heterocycles. The van der Waals surface area contributed by atoms with E-state index in [9.17, 15) is 0 Å². The maximum absolute atomic E-state index is 6.00. The molecule has 2 aromatic heterocycles. The lowest BCUT2D eigenvalue weighted by Gasteiger charge is -2.06. The molecule has 0 aliphatic rings. The molecule has 0 fully saturated rings. The van der Waals surface area contributed by atoms with Gasteiger partial charge in [-0.15, -0.1) is 22.9 Å². The van der Waals surface area contributed by atoms with E-state index in [1.807, 2.05) is 24.3 Å². The molecule has 98 valence electrons. The normalized spacial score (nSPS) is 11.3. The van der Waals surface area contributed by atoms with Crippen LogP contribution in [-0.2, 0) is 12.4 Å². The standard InChI is InChI=1S/C13H9BrCl2N2S/c14-8-1-3-10-11(5-8)18(13(6-15)17-10)7-9-2-4-12(16)19-9/h1-5H,6-7H2. The van der Waals surface area contributed by atoms with E-state index in [1.54, 1.807) is 11.3 Å². The average molecular weight is 376 g/mol. The Labute approximate surface area is 133 Å². The third-order valence-electron chi connectivity index (χ3n) is 2.85. The third-order valence-corrected chi connectivity index (χ3v) is 4.80. The van der Waals surface area contributed by atoms with Crippen molar-refractivity contribution in [1.29, 1.82) is 0 Å². The number of hydrogen-bond acceptors (Lipinski definition) is 2. The number of imidazole rings is 1. The number of rotatable bonds is 3. The van der Waals surface area contributed by atoms with Crippen LogP contribution in [0.1, 0.15) is 10.7 Å². The van der Waals surface area contributed by atoms with Crippen molar-refractivity contribution >= 4 is 61.5 Å². The summed E-state index contributed by atoms with van der Waals surface area (Å²) in [6.07, 6.45) is 0. The summed E-state index contributed by atoms with van der Waals surface area (Å²) in [4.78, 5) is 5.75. The summed E-state index contributed by atoms with van der Waals surface area (Å²) >= 11 is 17.0. The second-order valence-electron chi connectivity index (χ2n) is 4.09. The number of hydrogen-bond donors (Lipinski definition) is 0. The van der Waals surface area contributed by atoms with Crippen LogP contribution in [0.5, 0.6) is 0 Å². The molecule has 0 radical (unpaired) electrons. The van der Waals surface area contributed by atoms with E-state index < -0.39 is 0 Å². The van der Waals surface area contributed by atoms with Crippen molar-refractivity contribution in [2.75, 3.05) is 0 Å². The molecule has 6 heteroatoms. The van der Waals surface area contributed by atoms with E-state index in [0.717, 1.165) is 32.2 Å². The minimum atomic E-state index is 0.394. The summed E-state index contributed by atoms with van der Waals surface area (Å²) < 4.78 is 3.97. The van der Waals surface area contributed by atoms with E-state index in [4.69, 9.17) is 23.2 Å². The molecule has 0 aliphatic heterocycles. The highest BCUT2D eigenvalue weighted by Gasteiger charge is 2.11. The fraction of sp³-hybridized carbons (Fsp3) is 0.154. The summed E-state index contributed by atoms with van der Waals surface area (Å²) in [5.41, 5.74) is 2.04. The second-order valence-corrected chi connectivity index (χ2v) is 7.07. The Balaban J connectivity index is 2.12. The van der Waals surface area contributed by atoms with E-state index in [0.29, 0.717) is 5.88 Å². The highest BCUT2D eigenvalue weighted by atomic mass is 79.9. The van der Waals surface area contributed by atoms with Crippen LogP contribution < -0.4 is 0 Å². The Hall–Kier alpha value is -0.550. The molecule has 0 amide bonds. The number of nitrogens with zero attached hydrogens (tertiary/aromatic N) is 2. The van der Waals surface area contributed by atoms with Gasteiger partial charge in [-0.05, 0) is 30.3 Å². The van der Waals surface area contributed by atoms with E-state index in [-0.39, 0.29) is 0 Å². The highest BCUT2D eigenvalue weighted by molar-refractivity contribution is 9.10. The molecule has 2 nitrogen and oxygen atoms in total. The van der Waals surface area contributed by atoms with Crippen LogP contribution in [0, 0.1) is 0 Å². The van der Waals surface area contributed by atoms with Crippen molar-refractivity contribution in [2.45, 2.75) is 12.4 Å². The topological polar surface area (TPSA) is 17.8 Å². The fourth-order valence-electron chi connectivity index (χ4n) is 2.02. The van der Waals surface area contributed by atoms with Gasteiger partial charge in [0.2, 0.25) is 0 Å². The molecule has 0 atom stereocenters. The maximum Gasteiger partial charge on any atom is 0.125 e. The lowest BCUT2D eigenvalue weighted by Crippen LogP contribution is -2.02. The van der Waals surface area contributed by atoms with Gasteiger partial charge in [0, 0.05) is 9.35 Å². The Morgan fingerprint density at radius 2 is 2.11 bits per heavy atom. The summed E-state index contributed by atoms with van der Waals surface area (Å²) in [6.45, 7) is 0.742. The van der Waals surface area contributed by atoms with Crippen molar-refractivity contribution in [2.24, 2.45) is 0 Å². The Morgan fingerprint density at radius 1 is 1.26 bits per heavy atom. The van der Waals surface area contributed by atoms with E-state index >= 15 is 0 Å². The quantitative estimate of drug-likeness (QED) is 0.568. The predicted molar refractivity (Wildman–Crippen MR) is 85.4 cm³/mol. The summed E-state index contributed by atoms with van der Waals surface area (Å²) in [5.74, 6) is 1.27. The Morgan fingerprint density at radius 3 is 2.79 bits per heavy atom. The van der Waals surface area contributed by atoms with Gasteiger partial charge < -0.3 is 4.57 Å². The highest BCUT2D eigenvalue weighted by Crippen LogP contribution is 2.26. The summed E-state index contributed by atoms with van der Waals surface area (Å²) in [5, 5.41) is 0. The monoisotopic (exact) mass is 374 g/mol. The largest absolute Gasteiger partial charge is 0.322 e. The molecule has 1 aromatic carbocycles. The SMILES string of the molecule is ClCc1nc2ccc(Br)cc2n1Cc1ccc(Cl)s1. The zero-order valence-corrected chi connectivity index (χ0v) is 13.7. The van der Waals surface area contributed by atoms with Gasteiger partial charge in [-0.2, -0.15) is 0 Å². The molecule has 3 aromatic rings. The molecular formula is C13H9BrCl2N2S. The van der Waals surface area contributed by atoms with Crippen LogP contribution in [0.2, 0.25) is 4.34 Å². The average Bonchev–Trinajstić information content (AvgIpc) is 2.94.